The summed E-state index contributed by atoms with van der Waals surface area (Å²) in [5.74, 6) is 0.315. The van der Waals surface area contributed by atoms with Crippen LogP contribution in [0, 0.1) is 6.92 Å². The van der Waals surface area contributed by atoms with Crippen LogP contribution in [-0.2, 0) is 7.05 Å². The van der Waals surface area contributed by atoms with Crippen LogP contribution in [0.25, 0.3) is 16.6 Å². The van der Waals surface area contributed by atoms with Crippen molar-refractivity contribution < 1.29 is 4.79 Å². The lowest BCUT2D eigenvalue weighted by atomic mass is 10.1. The molecule has 0 spiro atoms. The van der Waals surface area contributed by atoms with Crippen LogP contribution in [0.4, 0.5) is 17.2 Å². The van der Waals surface area contributed by atoms with Gasteiger partial charge in [-0.3, -0.25) is 9.48 Å². The van der Waals surface area contributed by atoms with Crippen LogP contribution in [0.1, 0.15) is 15.9 Å². The summed E-state index contributed by atoms with van der Waals surface area (Å²) in [6.45, 7) is 2.02. The topological polar surface area (TPSA) is 89.1 Å². The van der Waals surface area contributed by atoms with Gasteiger partial charge in [-0.25, -0.2) is 9.50 Å². The molecule has 8 nitrogen and oxygen atoms in total. The lowest BCUT2D eigenvalue weighted by Crippen LogP contribution is -2.15. The van der Waals surface area contributed by atoms with Crippen LogP contribution in [0.3, 0.4) is 0 Å². The first-order chi connectivity index (χ1) is 15.6. The molecule has 4 heterocycles. The van der Waals surface area contributed by atoms with E-state index in [0.717, 1.165) is 27.9 Å². The summed E-state index contributed by atoms with van der Waals surface area (Å²) in [5.41, 5.74) is 5.59. The molecule has 8 heteroatoms. The number of aryl methyl sites for hydroxylation is 2. The van der Waals surface area contributed by atoms with E-state index in [2.05, 4.69) is 25.8 Å². The van der Waals surface area contributed by atoms with Crippen molar-refractivity contribution in [3.8, 4) is 11.1 Å². The van der Waals surface area contributed by atoms with Crippen LogP contribution >= 0.6 is 0 Å². The lowest BCUT2D eigenvalue weighted by Gasteiger charge is -2.15. The van der Waals surface area contributed by atoms with Gasteiger partial charge in [0.15, 0.2) is 5.82 Å². The van der Waals surface area contributed by atoms with E-state index in [0.29, 0.717) is 17.1 Å². The number of pyridine rings is 2. The highest BCUT2D eigenvalue weighted by molar-refractivity contribution is 6.10. The molecule has 0 aliphatic carbocycles. The molecule has 1 amide bonds. The number of fused-ring (bicyclic) bond motifs is 1. The number of para-hydroxylation sites is 1. The Morgan fingerprint density at radius 3 is 2.66 bits per heavy atom. The van der Waals surface area contributed by atoms with Gasteiger partial charge in [-0.05, 0) is 42.8 Å². The van der Waals surface area contributed by atoms with Crippen LogP contribution in [0.15, 0.2) is 79.5 Å². The molecule has 4 aromatic heterocycles. The summed E-state index contributed by atoms with van der Waals surface area (Å²) < 4.78 is 3.40. The number of rotatable bonds is 5. The summed E-state index contributed by atoms with van der Waals surface area (Å²) >= 11 is 0. The molecule has 0 radical (unpaired) electrons. The number of hydrogen-bond donors (Lipinski definition) is 2. The molecule has 158 valence electrons. The molecule has 0 fully saturated rings. The highest BCUT2D eigenvalue weighted by atomic mass is 16.1. The number of carbonyl (C=O) groups excluding carboxylic acids is 1. The number of anilines is 3. The van der Waals surface area contributed by atoms with Gasteiger partial charge >= 0.3 is 0 Å². The predicted molar refractivity (Wildman–Crippen MR) is 124 cm³/mol. The Hall–Kier alpha value is -4.46. The molecule has 1 aromatic carbocycles. The van der Waals surface area contributed by atoms with Gasteiger partial charge in [-0.15, -0.1) is 0 Å². The zero-order valence-corrected chi connectivity index (χ0v) is 17.6. The zero-order valence-electron chi connectivity index (χ0n) is 17.6. The van der Waals surface area contributed by atoms with E-state index in [-0.39, 0.29) is 5.91 Å². The van der Waals surface area contributed by atoms with Gasteiger partial charge in [0, 0.05) is 42.5 Å². The summed E-state index contributed by atoms with van der Waals surface area (Å²) in [6.07, 6.45) is 8.92. The van der Waals surface area contributed by atoms with Gasteiger partial charge in [0.05, 0.1) is 29.2 Å². The van der Waals surface area contributed by atoms with E-state index in [1.807, 2.05) is 62.8 Å². The molecule has 0 saturated carbocycles. The molecule has 32 heavy (non-hydrogen) atoms. The van der Waals surface area contributed by atoms with Crippen molar-refractivity contribution >= 4 is 28.6 Å². The molecular formula is C24H21N7O. The summed E-state index contributed by atoms with van der Waals surface area (Å²) in [5, 5.41) is 14.8. The highest BCUT2D eigenvalue weighted by Crippen LogP contribution is 2.30. The van der Waals surface area contributed by atoms with Gasteiger partial charge in [-0.2, -0.15) is 10.2 Å². The number of nitrogens with one attached hydrogen (secondary N) is 2. The molecule has 5 aromatic rings. The predicted octanol–water partition coefficient (Wildman–Crippen LogP) is 4.43. The first-order valence-corrected chi connectivity index (χ1v) is 10.1. The normalized spacial score (nSPS) is 10.9. The SMILES string of the molecule is Cc1ccccc1Nc1ncc(-c2cnn(C)c2)cc1NC(=O)c1cccn2nccc12. The molecule has 0 bridgehead atoms. The third kappa shape index (κ3) is 3.69. The van der Waals surface area contributed by atoms with Crippen LogP contribution in [0.2, 0.25) is 0 Å². The van der Waals surface area contributed by atoms with E-state index < -0.39 is 0 Å². The minimum absolute atomic E-state index is 0.242. The van der Waals surface area contributed by atoms with Crippen molar-refractivity contribution in [2.24, 2.45) is 7.05 Å². The molecule has 2 N–H and O–H groups in total. The Bertz CT molecular complexity index is 1430. The second-order valence-electron chi connectivity index (χ2n) is 7.50. The van der Waals surface area contributed by atoms with E-state index in [1.165, 1.54) is 0 Å². The lowest BCUT2D eigenvalue weighted by molar-refractivity contribution is 0.102. The summed E-state index contributed by atoms with van der Waals surface area (Å²) in [4.78, 5) is 17.8. The van der Waals surface area contributed by atoms with Gasteiger partial charge in [0.2, 0.25) is 0 Å². The molecule has 0 saturated heterocycles. The van der Waals surface area contributed by atoms with Gasteiger partial charge in [0.1, 0.15) is 0 Å². The van der Waals surface area contributed by atoms with E-state index in [9.17, 15) is 4.79 Å². The van der Waals surface area contributed by atoms with E-state index >= 15 is 0 Å². The van der Waals surface area contributed by atoms with Gasteiger partial charge in [-0.1, -0.05) is 18.2 Å². The van der Waals surface area contributed by atoms with Crippen molar-refractivity contribution in [3.63, 3.8) is 0 Å². The van der Waals surface area contributed by atoms with Crippen molar-refractivity contribution in [2.45, 2.75) is 6.92 Å². The molecule has 0 unspecified atom stereocenters. The Balaban J connectivity index is 1.55. The third-order valence-electron chi connectivity index (χ3n) is 5.25. The second-order valence-corrected chi connectivity index (χ2v) is 7.50. The molecule has 0 aliphatic heterocycles. The number of amides is 1. The van der Waals surface area contributed by atoms with Crippen molar-refractivity contribution in [1.29, 1.82) is 0 Å². The molecule has 0 aliphatic rings. The monoisotopic (exact) mass is 423 g/mol. The molecule has 5 rings (SSSR count). The van der Waals surface area contributed by atoms with Crippen molar-refractivity contribution in [1.82, 2.24) is 24.4 Å². The Kier molecular flexibility index (Phi) is 4.87. The standard InChI is InChI=1S/C24H21N7O/c1-16-6-3-4-8-20(16)28-23-21(12-17(13-25-23)18-14-27-30(2)15-18)29-24(32)19-7-5-11-31-22(19)9-10-26-31/h3-15H,1-2H3,(H,25,28)(H,29,32). The number of carbonyl (C=O) groups is 1. The number of aromatic nitrogens is 5. The average Bonchev–Trinajstić information content (AvgIpc) is 3.45. The van der Waals surface area contributed by atoms with E-state index in [4.69, 9.17) is 0 Å². The zero-order chi connectivity index (χ0) is 22.1. The molecule has 0 atom stereocenters. The highest BCUT2D eigenvalue weighted by Gasteiger charge is 2.16. The van der Waals surface area contributed by atoms with E-state index in [1.54, 1.807) is 39.9 Å². The maximum atomic E-state index is 13.2. The summed E-state index contributed by atoms with van der Waals surface area (Å²) in [7, 11) is 1.86. The fourth-order valence-electron chi connectivity index (χ4n) is 3.56. The number of nitrogens with zero attached hydrogens (tertiary/aromatic N) is 5. The fourth-order valence-corrected chi connectivity index (χ4v) is 3.56. The van der Waals surface area contributed by atoms with Crippen LogP contribution < -0.4 is 10.6 Å². The van der Waals surface area contributed by atoms with Gasteiger partial charge < -0.3 is 10.6 Å². The quantitative estimate of drug-likeness (QED) is 0.436. The first-order valence-electron chi connectivity index (χ1n) is 10.1. The number of benzene rings is 1. The Morgan fingerprint density at radius 1 is 0.969 bits per heavy atom. The minimum Gasteiger partial charge on any atom is -0.338 e. The van der Waals surface area contributed by atoms with Crippen molar-refractivity contribution in [2.75, 3.05) is 10.6 Å². The third-order valence-corrected chi connectivity index (χ3v) is 5.25. The Labute approximate surface area is 184 Å². The minimum atomic E-state index is -0.242. The molecular weight excluding hydrogens is 402 g/mol. The Morgan fingerprint density at radius 2 is 1.84 bits per heavy atom. The van der Waals surface area contributed by atoms with Crippen LogP contribution in [0.5, 0.6) is 0 Å². The fraction of sp³-hybridized carbons (Fsp3) is 0.0833. The van der Waals surface area contributed by atoms with Gasteiger partial charge in [0.25, 0.3) is 5.91 Å². The smallest absolute Gasteiger partial charge is 0.257 e. The summed E-state index contributed by atoms with van der Waals surface area (Å²) in [6, 6.07) is 15.2. The second kappa shape index (κ2) is 7.99. The maximum absolute atomic E-state index is 13.2. The van der Waals surface area contributed by atoms with Crippen LogP contribution in [-0.4, -0.2) is 30.3 Å². The van der Waals surface area contributed by atoms with Crippen molar-refractivity contribution in [3.05, 3.63) is 90.6 Å². The number of hydrogen-bond acceptors (Lipinski definition) is 5. The average molecular weight is 423 g/mol. The maximum Gasteiger partial charge on any atom is 0.257 e. The largest absolute Gasteiger partial charge is 0.338 e. The first kappa shape index (κ1) is 19.5.